The van der Waals surface area contributed by atoms with Gasteiger partial charge in [0.15, 0.2) is 5.82 Å². The molecule has 0 bridgehead atoms. The summed E-state index contributed by atoms with van der Waals surface area (Å²) >= 11 is 0. The van der Waals surface area contributed by atoms with Gasteiger partial charge in [-0.25, -0.2) is 4.39 Å². The highest BCUT2D eigenvalue weighted by atomic mass is 19.1. The number of anilines is 1. The number of rotatable bonds is 3. The number of pyridine rings is 1. The summed E-state index contributed by atoms with van der Waals surface area (Å²) in [5.41, 5.74) is 1.41. The van der Waals surface area contributed by atoms with Gasteiger partial charge in [-0.1, -0.05) is 12.1 Å². The monoisotopic (exact) mass is 326 g/mol. The predicted molar refractivity (Wildman–Crippen MR) is 86.7 cm³/mol. The van der Waals surface area contributed by atoms with E-state index in [0.717, 1.165) is 5.56 Å². The van der Waals surface area contributed by atoms with Crippen molar-refractivity contribution in [2.45, 2.75) is 6.54 Å². The number of methoxy groups -OCH3 is 1. The lowest BCUT2D eigenvalue weighted by Crippen LogP contribution is -2.50. The molecule has 0 fully saturated rings. The molecule has 122 valence electrons. The van der Waals surface area contributed by atoms with Gasteiger partial charge in [-0.3, -0.25) is 19.6 Å². The summed E-state index contributed by atoms with van der Waals surface area (Å²) in [6.07, 6.45) is 0. The summed E-state index contributed by atoms with van der Waals surface area (Å²) in [4.78, 5) is 25.0. The smallest absolute Gasteiger partial charge is 0.264 e. The average molecular weight is 326 g/mol. The Morgan fingerprint density at radius 3 is 2.75 bits per heavy atom. The average Bonchev–Trinajstić information content (AvgIpc) is 3.09. The normalized spacial score (nSPS) is 15.9. The van der Waals surface area contributed by atoms with Crippen molar-refractivity contribution in [3.05, 3.63) is 53.3 Å². The second kappa shape index (κ2) is 5.59. The van der Waals surface area contributed by atoms with Crippen LogP contribution in [0, 0.1) is 5.82 Å². The molecule has 1 aromatic carbocycles. The lowest BCUT2D eigenvalue weighted by molar-refractivity contribution is 0.0850. The van der Waals surface area contributed by atoms with Gasteiger partial charge in [0.25, 0.3) is 5.91 Å². The van der Waals surface area contributed by atoms with Crippen LogP contribution in [0.25, 0.3) is 0 Å². The first-order valence-corrected chi connectivity index (χ1v) is 7.61. The largest absolute Gasteiger partial charge is 0.481 e. The number of benzene rings is 1. The first kappa shape index (κ1) is 14.6. The van der Waals surface area contributed by atoms with E-state index in [9.17, 15) is 9.18 Å². The molecule has 0 radical (unpaired) electrons. The van der Waals surface area contributed by atoms with Crippen LogP contribution in [0.1, 0.15) is 15.9 Å². The molecule has 4 rings (SSSR count). The number of carbonyl (C=O) groups is 1. The third-order valence-corrected chi connectivity index (χ3v) is 4.10. The van der Waals surface area contributed by atoms with Crippen LogP contribution in [-0.4, -0.2) is 41.9 Å². The molecule has 0 saturated heterocycles. The fourth-order valence-corrected chi connectivity index (χ4v) is 2.93. The molecule has 2 aromatic rings. The quantitative estimate of drug-likeness (QED) is 0.866. The van der Waals surface area contributed by atoms with Gasteiger partial charge >= 0.3 is 0 Å². The third-order valence-electron chi connectivity index (χ3n) is 4.10. The molecule has 0 spiro atoms. The van der Waals surface area contributed by atoms with E-state index in [1.54, 1.807) is 29.2 Å². The Morgan fingerprint density at radius 2 is 2.00 bits per heavy atom. The van der Waals surface area contributed by atoms with Crippen molar-refractivity contribution in [1.82, 2.24) is 9.88 Å². The van der Waals surface area contributed by atoms with Crippen molar-refractivity contribution in [1.29, 1.82) is 0 Å². The summed E-state index contributed by atoms with van der Waals surface area (Å²) in [7, 11) is 1.53. The van der Waals surface area contributed by atoms with Gasteiger partial charge in [-0.15, -0.1) is 0 Å². The van der Waals surface area contributed by atoms with Gasteiger partial charge in [0.1, 0.15) is 5.82 Å². The van der Waals surface area contributed by atoms with Gasteiger partial charge in [-0.05, 0) is 23.8 Å². The molecule has 0 saturated carbocycles. The molecule has 2 aliphatic heterocycles. The standard InChI is InChI=1S/C17H15FN4O2/c1-24-14-7-6-13-15(20-14)22(10-11-2-4-12(18)5-3-11)17-19-8-9-21(17)16(13)23/h2-7H,8-10H2,1H3. The van der Waals surface area contributed by atoms with E-state index in [2.05, 4.69) is 9.98 Å². The van der Waals surface area contributed by atoms with Crippen LogP contribution >= 0.6 is 0 Å². The van der Waals surface area contributed by atoms with Crippen molar-refractivity contribution in [3.63, 3.8) is 0 Å². The van der Waals surface area contributed by atoms with Crippen molar-refractivity contribution in [3.8, 4) is 5.88 Å². The fourth-order valence-electron chi connectivity index (χ4n) is 2.93. The van der Waals surface area contributed by atoms with Crippen LogP contribution in [0.2, 0.25) is 0 Å². The predicted octanol–water partition coefficient (Wildman–Crippen LogP) is 2.06. The molecule has 0 unspecified atom stereocenters. The van der Waals surface area contributed by atoms with Crippen molar-refractivity contribution in [2.75, 3.05) is 25.1 Å². The van der Waals surface area contributed by atoms with Crippen LogP contribution in [0.4, 0.5) is 10.2 Å². The Hall–Kier alpha value is -2.96. The molecule has 1 amide bonds. The number of fused-ring (bicyclic) bond motifs is 2. The number of guanidine groups is 1. The summed E-state index contributed by atoms with van der Waals surface area (Å²) in [5, 5.41) is 0. The lowest BCUT2D eigenvalue weighted by atomic mass is 10.1. The molecule has 1 aromatic heterocycles. The second-order valence-corrected chi connectivity index (χ2v) is 5.58. The van der Waals surface area contributed by atoms with E-state index in [1.165, 1.54) is 19.2 Å². The summed E-state index contributed by atoms with van der Waals surface area (Å²) in [5.74, 6) is 1.13. The lowest BCUT2D eigenvalue weighted by Gasteiger charge is -2.35. The number of halogens is 1. The maximum atomic E-state index is 13.2. The first-order valence-electron chi connectivity index (χ1n) is 7.61. The Bertz CT molecular complexity index is 835. The number of hydrogen-bond acceptors (Lipinski definition) is 5. The van der Waals surface area contributed by atoms with Crippen molar-refractivity contribution >= 4 is 17.7 Å². The van der Waals surface area contributed by atoms with Crippen LogP contribution in [0.15, 0.2) is 41.4 Å². The van der Waals surface area contributed by atoms with E-state index in [-0.39, 0.29) is 11.7 Å². The van der Waals surface area contributed by atoms with Gasteiger partial charge in [0.2, 0.25) is 11.8 Å². The molecule has 2 aliphatic rings. The van der Waals surface area contributed by atoms with Crippen LogP contribution in [0.5, 0.6) is 5.88 Å². The number of amides is 1. The van der Waals surface area contributed by atoms with Gasteiger partial charge in [-0.2, -0.15) is 4.98 Å². The van der Waals surface area contributed by atoms with E-state index in [4.69, 9.17) is 4.74 Å². The van der Waals surface area contributed by atoms with Crippen LogP contribution in [-0.2, 0) is 6.54 Å². The highest BCUT2D eigenvalue weighted by Gasteiger charge is 2.38. The Morgan fingerprint density at radius 1 is 1.21 bits per heavy atom. The van der Waals surface area contributed by atoms with E-state index in [1.807, 2.05) is 4.90 Å². The number of hydrogen-bond donors (Lipinski definition) is 0. The molecule has 3 heterocycles. The maximum absolute atomic E-state index is 13.2. The highest BCUT2D eigenvalue weighted by Crippen LogP contribution is 2.31. The SMILES string of the molecule is COc1ccc2c(n1)N(Cc1ccc(F)cc1)C1=NCCN1C2=O. The topological polar surface area (TPSA) is 58.0 Å². The second-order valence-electron chi connectivity index (χ2n) is 5.58. The summed E-state index contributed by atoms with van der Waals surface area (Å²) in [6, 6.07) is 9.65. The number of aromatic nitrogens is 1. The molecule has 0 aliphatic carbocycles. The summed E-state index contributed by atoms with van der Waals surface area (Å²) in [6.45, 7) is 1.56. The zero-order chi connectivity index (χ0) is 16.7. The van der Waals surface area contributed by atoms with Crippen LogP contribution < -0.4 is 9.64 Å². The fraction of sp³-hybridized carbons (Fsp3) is 0.235. The van der Waals surface area contributed by atoms with Crippen molar-refractivity contribution in [2.24, 2.45) is 4.99 Å². The Kier molecular flexibility index (Phi) is 3.41. The minimum atomic E-state index is -0.285. The number of aliphatic imine (C=N–C) groups is 1. The van der Waals surface area contributed by atoms with Gasteiger partial charge < -0.3 is 4.74 Å². The minimum absolute atomic E-state index is 0.105. The molecule has 24 heavy (non-hydrogen) atoms. The van der Waals surface area contributed by atoms with E-state index < -0.39 is 0 Å². The zero-order valence-corrected chi connectivity index (χ0v) is 13.1. The Labute approximate surface area is 138 Å². The number of nitrogens with zero attached hydrogens (tertiary/aromatic N) is 4. The van der Waals surface area contributed by atoms with Gasteiger partial charge in [0, 0.05) is 12.6 Å². The van der Waals surface area contributed by atoms with Crippen LogP contribution in [0.3, 0.4) is 0 Å². The molecule has 6 nitrogen and oxygen atoms in total. The molecule has 7 heteroatoms. The maximum Gasteiger partial charge on any atom is 0.264 e. The number of ether oxygens (including phenoxy) is 1. The number of carbonyl (C=O) groups excluding carboxylic acids is 1. The van der Waals surface area contributed by atoms with E-state index in [0.29, 0.717) is 42.9 Å². The zero-order valence-electron chi connectivity index (χ0n) is 13.1. The van der Waals surface area contributed by atoms with E-state index >= 15 is 0 Å². The molecule has 0 N–H and O–H groups in total. The van der Waals surface area contributed by atoms with Gasteiger partial charge in [0.05, 0.1) is 25.8 Å². The molecular weight excluding hydrogens is 311 g/mol. The first-order chi connectivity index (χ1) is 11.7. The highest BCUT2D eigenvalue weighted by molar-refractivity contribution is 6.18. The Balaban J connectivity index is 1.79. The molecular formula is C17H15FN4O2. The minimum Gasteiger partial charge on any atom is -0.481 e. The third kappa shape index (κ3) is 2.29. The van der Waals surface area contributed by atoms with Crippen molar-refractivity contribution < 1.29 is 13.9 Å². The summed E-state index contributed by atoms with van der Waals surface area (Å²) < 4.78 is 18.3. The molecule has 0 atom stereocenters.